The maximum atomic E-state index is 9.78. The lowest BCUT2D eigenvalue weighted by molar-refractivity contribution is -0.0836. The van der Waals surface area contributed by atoms with Gasteiger partial charge in [0.15, 0.2) is 0 Å². The van der Waals surface area contributed by atoms with Gasteiger partial charge in [0.05, 0.1) is 66.1 Å². The fraction of sp³-hybridized carbons (Fsp3) is 1.00. The average Bonchev–Trinajstić information content (AvgIpc) is 3.36. The van der Waals surface area contributed by atoms with Crippen LogP contribution in [-0.2, 0) is 33.2 Å². The van der Waals surface area contributed by atoms with Crippen molar-refractivity contribution < 1.29 is 38.3 Å². The Hall–Kier alpha value is -0.320. The minimum atomic E-state index is -0.651. The summed E-state index contributed by atoms with van der Waals surface area (Å²) in [6.07, 6.45) is -0.184. The molecule has 0 aromatic carbocycles. The van der Waals surface area contributed by atoms with E-state index in [2.05, 4.69) is 0 Å². The SMILES string of the molecule is OC(COCC(COCC1CO1)OCC1CO1)COCC1CO1. The highest BCUT2D eigenvalue weighted by molar-refractivity contribution is 4.71. The minimum absolute atomic E-state index is 0.175. The number of rotatable bonds is 15. The van der Waals surface area contributed by atoms with Gasteiger partial charge in [-0.15, -0.1) is 0 Å². The van der Waals surface area contributed by atoms with Crippen molar-refractivity contribution in [2.45, 2.75) is 30.5 Å². The fourth-order valence-electron chi connectivity index (χ4n) is 1.93. The van der Waals surface area contributed by atoms with Crippen molar-refractivity contribution in [3.05, 3.63) is 0 Å². The first kappa shape index (κ1) is 17.5. The summed E-state index contributed by atoms with van der Waals surface area (Å²) in [5, 5.41) is 9.78. The highest BCUT2D eigenvalue weighted by Gasteiger charge is 2.26. The number of epoxide rings is 3. The molecule has 0 spiro atoms. The summed E-state index contributed by atoms with van der Waals surface area (Å²) >= 11 is 0. The Bertz CT molecular complexity index is 329. The minimum Gasteiger partial charge on any atom is -0.388 e. The molecule has 0 saturated carbocycles. The molecule has 0 aromatic heterocycles. The molecule has 8 nitrogen and oxygen atoms in total. The molecule has 3 aliphatic rings. The van der Waals surface area contributed by atoms with Crippen molar-refractivity contribution in [2.75, 3.05) is 66.1 Å². The Balaban J connectivity index is 1.22. The van der Waals surface area contributed by atoms with E-state index in [0.717, 1.165) is 19.8 Å². The molecule has 5 atom stereocenters. The zero-order valence-electron chi connectivity index (χ0n) is 13.3. The van der Waals surface area contributed by atoms with Crippen LogP contribution in [0.2, 0.25) is 0 Å². The third-order valence-electron chi connectivity index (χ3n) is 3.56. The maximum Gasteiger partial charge on any atom is 0.104 e. The van der Waals surface area contributed by atoms with E-state index in [1.54, 1.807) is 0 Å². The number of aliphatic hydroxyl groups excluding tert-OH is 1. The maximum absolute atomic E-state index is 9.78. The van der Waals surface area contributed by atoms with Crippen LogP contribution in [0.15, 0.2) is 0 Å². The van der Waals surface area contributed by atoms with Crippen LogP contribution in [0.25, 0.3) is 0 Å². The molecule has 0 radical (unpaired) electrons. The van der Waals surface area contributed by atoms with Crippen LogP contribution in [0.1, 0.15) is 0 Å². The fourth-order valence-corrected chi connectivity index (χ4v) is 1.93. The van der Waals surface area contributed by atoms with Crippen molar-refractivity contribution in [3.63, 3.8) is 0 Å². The quantitative estimate of drug-likeness (QED) is 0.380. The van der Waals surface area contributed by atoms with Gasteiger partial charge in [-0.25, -0.2) is 0 Å². The number of ether oxygens (including phenoxy) is 7. The standard InChI is InChI=1S/C15H26O8/c16-11(2-18-5-13-7-21-13)1-17-3-12(20-9-15-10-23-15)4-19-6-14-8-22-14/h11-16H,1-10H2. The molecule has 0 bridgehead atoms. The lowest BCUT2D eigenvalue weighted by atomic mass is 10.3. The van der Waals surface area contributed by atoms with Crippen molar-refractivity contribution in [1.82, 2.24) is 0 Å². The lowest BCUT2D eigenvalue weighted by Gasteiger charge is -2.19. The van der Waals surface area contributed by atoms with Crippen LogP contribution in [0, 0.1) is 0 Å². The molecule has 0 amide bonds. The van der Waals surface area contributed by atoms with Crippen LogP contribution in [-0.4, -0.2) is 102 Å². The molecular weight excluding hydrogens is 308 g/mol. The largest absolute Gasteiger partial charge is 0.388 e. The summed E-state index contributed by atoms with van der Waals surface area (Å²) in [5.41, 5.74) is 0. The molecule has 0 aliphatic carbocycles. The zero-order valence-corrected chi connectivity index (χ0v) is 13.3. The Labute approximate surface area is 135 Å². The van der Waals surface area contributed by atoms with Gasteiger partial charge in [-0.3, -0.25) is 0 Å². The van der Waals surface area contributed by atoms with E-state index in [1.807, 2.05) is 0 Å². The molecule has 8 heteroatoms. The van der Waals surface area contributed by atoms with Gasteiger partial charge < -0.3 is 38.3 Å². The Morgan fingerprint density at radius 1 is 0.739 bits per heavy atom. The van der Waals surface area contributed by atoms with Crippen LogP contribution >= 0.6 is 0 Å². The molecule has 0 aromatic rings. The van der Waals surface area contributed by atoms with Crippen molar-refractivity contribution >= 4 is 0 Å². The molecule has 3 aliphatic heterocycles. The summed E-state index contributed by atoms with van der Waals surface area (Å²) in [5.74, 6) is 0. The first-order valence-corrected chi connectivity index (χ1v) is 8.17. The number of aliphatic hydroxyl groups is 1. The second-order valence-electron chi connectivity index (χ2n) is 6.09. The van der Waals surface area contributed by atoms with E-state index >= 15 is 0 Å². The van der Waals surface area contributed by atoms with Gasteiger partial charge in [-0.1, -0.05) is 0 Å². The molecule has 3 rings (SSSR count). The Morgan fingerprint density at radius 2 is 1.22 bits per heavy atom. The normalized spacial score (nSPS) is 30.9. The van der Waals surface area contributed by atoms with E-state index in [1.165, 1.54) is 0 Å². The molecule has 1 N–H and O–H groups in total. The second-order valence-corrected chi connectivity index (χ2v) is 6.09. The second kappa shape index (κ2) is 9.24. The van der Waals surface area contributed by atoms with Crippen LogP contribution in [0.3, 0.4) is 0 Å². The smallest absolute Gasteiger partial charge is 0.104 e. The van der Waals surface area contributed by atoms with E-state index in [9.17, 15) is 5.11 Å². The summed E-state index contributed by atoms with van der Waals surface area (Å²) in [6, 6.07) is 0. The van der Waals surface area contributed by atoms with Gasteiger partial charge in [0.2, 0.25) is 0 Å². The average molecular weight is 334 g/mol. The monoisotopic (exact) mass is 334 g/mol. The highest BCUT2D eigenvalue weighted by Crippen LogP contribution is 2.12. The third-order valence-corrected chi connectivity index (χ3v) is 3.56. The molecule has 134 valence electrons. The van der Waals surface area contributed by atoms with Crippen LogP contribution in [0.5, 0.6) is 0 Å². The molecule has 3 heterocycles. The van der Waals surface area contributed by atoms with Crippen molar-refractivity contribution in [1.29, 1.82) is 0 Å². The van der Waals surface area contributed by atoms with Gasteiger partial charge in [0.1, 0.15) is 30.5 Å². The van der Waals surface area contributed by atoms with E-state index in [-0.39, 0.29) is 37.6 Å². The van der Waals surface area contributed by atoms with E-state index in [4.69, 9.17) is 33.2 Å². The molecular formula is C15H26O8. The topological polar surface area (TPSA) is 94.7 Å². The predicted molar refractivity (Wildman–Crippen MR) is 77.4 cm³/mol. The summed E-state index contributed by atoms with van der Waals surface area (Å²) in [7, 11) is 0. The van der Waals surface area contributed by atoms with Crippen LogP contribution in [0.4, 0.5) is 0 Å². The molecule has 5 unspecified atom stereocenters. The molecule has 3 fully saturated rings. The van der Waals surface area contributed by atoms with E-state index in [0.29, 0.717) is 33.0 Å². The van der Waals surface area contributed by atoms with Crippen molar-refractivity contribution in [2.24, 2.45) is 0 Å². The number of hydrogen-bond acceptors (Lipinski definition) is 8. The van der Waals surface area contributed by atoms with E-state index < -0.39 is 6.10 Å². The van der Waals surface area contributed by atoms with Crippen LogP contribution < -0.4 is 0 Å². The first-order valence-electron chi connectivity index (χ1n) is 8.17. The zero-order chi connectivity index (χ0) is 15.9. The van der Waals surface area contributed by atoms with Gasteiger partial charge in [-0.05, 0) is 0 Å². The first-order chi connectivity index (χ1) is 11.3. The van der Waals surface area contributed by atoms with Gasteiger partial charge in [-0.2, -0.15) is 0 Å². The molecule has 3 saturated heterocycles. The third kappa shape index (κ3) is 8.37. The van der Waals surface area contributed by atoms with Gasteiger partial charge in [0.25, 0.3) is 0 Å². The highest BCUT2D eigenvalue weighted by atomic mass is 16.6. The summed E-state index contributed by atoms with van der Waals surface area (Å²) in [6.45, 7) is 5.20. The number of hydrogen-bond donors (Lipinski definition) is 1. The summed E-state index contributed by atoms with van der Waals surface area (Å²) in [4.78, 5) is 0. The summed E-state index contributed by atoms with van der Waals surface area (Å²) < 4.78 is 37.4. The molecule has 23 heavy (non-hydrogen) atoms. The Kier molecular flexibility index (Phi) is 7.03. The predicted octanol–water partition coefficient (Wildman–Crippen LogP) is -1.02. The Morgan fingerprint density at radius 3 is 1.83 bits per heavy atom. The van der Waals surface area contributed by atoms with Gasteiger partial charge >= 0.3 is 0 Å². The van der Waals surface area contributed by atoms with Crippen molar-refractivity contribution in [3.8, 4) is 0 Å². The lowest BCUT2D eigenvalue weighted by Crippen LogP contribution is -2.31. The van der Waals surface area contributed by atoms with Gasteiger partial charge in [0, 0.05) is 0 Å².